The van der Waals surface area contributed by atoms with Gasteiger partial charge in [-0.1, -0.05) is 60.4 Å². The number of hydrogen-bond donors (Lipinski definition) is 2. The van der Waals surface area contributed by atoms with Crippen molar-refractivity contribution in [1.29, 1.82) is 0 Å². The number of fused-ring (bicyclic) bond motifs is 3. The predicted octanol–water partition coefficient (Wildman–Crippen LogP) is 4.57. The number of benzene rings is 2. The fourth-order valence-corrected chi connectivity index (χ4v) is 3.70. The van der Waals surface area contributed by atoms with E-state index in [-0.39, 0.29) is 30.5 Å². The third-order valence-corrected chi connectivity index (χ3v) is 5.07. The van der Waals surface area contributed by atoms with Crippen LogP contribution in [0.15, 0.2) is 60.7 Å². The lowest BCUT2D eigenvalue weighted by Crippen LogP contribution is -2.26. The van der Waals surface area contributed by atoms with Gasteiger partial charge in [-0.15, -0.1) is 0 Å². The average molecular weight is 437 g/mol. The normalized spacial score (nSPS) is 12.3. The first-order valence-electron chi connectivity index (χ1n) is 9.76. The molecule has 0 radical (unpaired) electrons. The lowest BCUT2D eigenvalue weighted by Gasteiger charge is -2.14. The Morgan fingerprint density at radius 2 is 1.66 bits per heavy atom. The number of halogens is 3. The molecule has 162 valence electrons. The number of nitrogens with two attached hydrogens (primary N) is 1. The van der Waals surface area contributed by atoms with Gasteiger partial charge in [-0.3, -0.25) is 0 Å². The summed E-state index contributed by atoms with van der Waals surface area (Å²) >= 11 is 0. The van der Waals surface area contributed by atoms with Crippen molar-refractivity contribution in [2.24, 2.45) is 0 Å². The summed E-state index contributed by atoms with van der Waals surface area (Å²) in [7, 11) is 0. The molecule has 0 unspecified atom stereocenters. The molecule has 1 amide bonds. The third-order valence-electron chi connectivity index (χ3n) is 5.07. The number of pyridine rings is 1. The van der Waals surface area contributed by atoms with Gasteiger partial charge < -0.3 is 15.8 Å². The lowest BCUT2D eigenvalue weighted by atomic mass is 9.98. The van der Waals surface area contributed by atoms with Crippen LogP contribution >= 0.6 is 0 Å². The Bertz CT molecular complexity index is 1180. The Labute approximate surface area is 182 Å². The van der Waals surface area contributed by atoms with Gasteiger partial charge in [0.15, 0.2) is 5.69 Å². The second-order valence-electron chi connectivity index (χ2n) is 7.11. The van der Waals surface area contributed by atoms with Gasteiger partial charge in [0.25, 0.3) is 0 Å². The zero-order valence-electron chi connectivity index (χ0n) is 16.7. The zero-order chi connectivity index (χ0) is 22.7. The molecule has 0 spiro atoms. The minimum Gasteiger partial charge on any atom is -0.449 e. The van der Waals surface area contributed by atoms with Crippen LogP contribution in [0.3, 0.4) is 0 Å². The SMILES string of the molecule is Nc1ccc(C#CCNC(=O)OCC2c3ccccc3-c3ccccc32)c(C(F)(F)F)n1. The largest absolute Gasteiger partial charge is 0.449 e. The van der Waals surface area contributed by atoms with Crippen molar-refractivity contribution in [2.75, 3.05) is 18.9 Å². The number of nitrogens with zero attached hydrogens (tertiary/aromatic N) is 1. The highest BCUT2D eigenvalue weighted by Gasteiger charge is 2.35. The van der Waals surface area contributed by atoms with Crippen LogP contribution in [-0.2, 0) is 10.9 Å². The molecule has 4 rings (SSSR count). The Morgan fingerprint density at radius 3 is 2.28 bits per heavy atom. The lowest BCUT2D eigenvalue weighted by molar-refractivity contribution is -0.141. The Hall–Kier alpha value is -3.99. The van der Waals surface area contributed by atoms with E-state index in [0.717, 1.165) is 28.3 Å². The summed E-state index contributed by atoms with van der Waals surface area (Å²) in [5, 5.41) is 2.43. The number of alkyl halides is 3. The molecule has 5 nitrogen and oxygen atoms in total. The van der Waals surface area contributed by atoms with Crippen molar-refractivity contribution in [1.82, 2.24) is 10.3 Å². The molecule has 1 heterocycles. The minimum absolute atomic E-state index is 0.0885. The molecule has 8 heteroatoms. The van der Waals surface area contributed by atoms with E-state index in [1.54, 1.807) is 0 Å². The number of ether oxygens (including phenoxy) is 1. The molecule has 3 aromatic rings. The highest BCUT2D eigenvalue weighted by molar-refractivity contribution is 5.79. The van der Waals surface area contributed by atoms with E-state index in [1.165, 1.54) is 6.07 Å². The first-order valence-corrected chi connectivity index (χ1v) is 9.76. The molecule has 1 aliphatic rings. The Balaban J connectivity index is 1.37. The first kappa shape index (κ1) is 21.2. The van der Waals surface area contributed by atoms with Crippen LogP contribution in [0.1, 0.15) is 28.3 Å². The van der Waals surface area contributed by atoms with Crippen LogP contribution in [0.2, 0.25) is 0 Å². The number of hydrogen-bond acceptors (Lipinski definition) is 4. The Kier molecular flexibility index (Phi) is 5.73. The number of anilines is 1. The molecule has 2 aromatic carbocycles. The van der Waals surface area contributed by atoms with E-state index in [0.29, 0.717) is 0 Å². The summed E-state index contributed by atoms with van der Waals surface area (Å²) in [5.41, 5.74) is 8.24. The van der Waals surface area contributed by atoms with Crippen molar-refractivity contribution in [2.45, 2.75) is 12.1 Å². The van der Waals surface area contributed by atoms with E-state index >= 15 is 0 Å². The second-order valence-corrected chi connectivity index (χ2v) is 7.11. The highest BCUT2D eigenvalue weighted by Crippen LogP contribution is 2.44. The van der Waals surface area contributed by atoms with Crippen LogP contribution in [0.5, 0.6) is 0 Å². The van der Waals surface area contributed by atoms with Gasteiger partial charge in [0.2, 0.25) is 0 Å². The van der Waals surface area contributed by atoms with E-state index in [1.807, 2.05) is 48.5 Å². The van der Waals surface area contributed by atoms with Crippen molar-refractivity contribution in [3.8, 4) is 23.0 Å². The van der Waals surface area contributed by atoms with Crippen LogP contribution < -0.4 is 11.1 Å². The molecule has 1 aliphatic carbocycles. The molecule has 3 N–H and O–H groups in total. The topological polar surface area (TPSA) is 77.2 Å². The van der Waals surface area contributed by atoms with Gasteiger partial charge in [-0.25, -0.2) is 9.78 Å². The van der Waals surface area contributed by atoms with Crippen LogP contribution in [0.4, 0.5) is 23.8 Å². The second kappa shape index (κ2) is 8.63. The van der Waals surface area contributed by atoms with Crippen molar-refractivity contribution in [3.63, 3.8) is 0 Å². The zero-order valence-corrected chi connectivity index (χ0v) is 16.7. The number of carbonyl (C=O) groups is 1. The maximum Gasteiger partial charge on any atom is 0.434 e. The summed E-state index contributed by atoms with van der Waals surface area (Å²) in [6, 6.07) is 18.3. The quantitative estimate of drug-likeness (QED) is 0.589. The fraction of sp³-hybridized carbons (Fsp3) is 0.167. The number of amides is 1. The summed E-state index contributed by atoms with van der Waals surface area (Å²) in [6.07, 6.45) is -5.38. The van der Waals surface area contributed by atoms with E-state index < -0.39 is 18.0 Å². The number of carbonyl (C=O) groups excluding carboxylic acids is 1. The summed E-state index contributed by atoms with van der Waals surface area (Å²) in [5.74, 6) is 4.51. The maximum atomic E-state index is 13.0. The molecule has 1 aromatic heterocycles. The van der Waals surface area contributed by atoms with Gasteiger partial charge in [0.1, 0.15) is 12.4 Å². The van der Waals surface area contributed by atoms with E-state index in [9.17, 15) is 18.0 Å². The maximum absolute atomic E-state index is 13.0. The molecule has 0 atom stereocenters. The standard InChI is InChI=1S/C24H18F3N3O2/c25-24(26,27)22-15(11-12-21(28)30-22)6-5-13-29-23(31)32-14-20-18-9-3-1-7-16(18)17-8-2-4-10-19(17)20/h1-4,7-12,20H,13-14H2,(H2,28,30)(H,29,31). The molecular formula is C24H18F3N3O2. The van der Waals surface area contributed by atoms with Crippen LogP contribution in [0, 0.1) is 11.8 Å². The average Bonchev–Trinajstić information content (AvgIpc) is 3.09. The monoisotopic (exact) mass is 437 g/mol. The van der Waals surface area contributed by atoms with Crippen molar-refractivity contribution >= 4 is 11.9 Å². The summed E-state index contributed by atoms with van der Waals surface area (Å²) in [4.78, 5) is 15.4. The minimum atomic E-state index is -4.68. The molecular weight excluding hydrogens is 419 g/mol. The molecule has 0 saturated carbocycles. The van der Waals surface area contributed by atoms with E-state index in [2.05, 4.69) is 22.1 Å². The van der Waals surface area contributed by atoms with Crippen molar-refractivity contribution < 1.29 is 22.7 Å². The number of nitrogens with one attached hydrogen (secondary N) is 1. The smallest absolute Gasteiger partial charge is 0.434 e. The highest BCUT2D eigenvalue weighted by atomic mass is 19.4. The fourth-order valence-electron chi connectivity index (χ4n) is 3.70. The van der Waals surface area contributed by atoms with Gasteiger partial charge in [0.05, 0.1) is 12.1 Å². The molecule has 0 bridgehead atoms. The van der Waals surface area contributed by atoms with Crippen LogP contribution in [-0.4, -0.2) is 24.2 Å². The molecule has 0 saturated heterocycles. The molecule has 32 heavy (non-hydrogen) atoms. The Morgan fingerprint density at radius 1 is 1.03 bits per heavy atom. The van der Waals surface area contributed by atoms with Crippen molar-refractivity contribution in [3.05, 3.63) is 83.0 Å². The molecule has 0 aliphatic heterocycles. The third kappa shape index (κ3) is 4.37. The summed E-state index contributed by atoms with van der Waals surface area (Å²) < 4.78 is 44.5. The van der Waals surface area contributed by atoms with Crippen LogP contribution in [0.25, 0.3) is 11.1 Å². The van der Waals surface area contributed by atoms with Gasteiger partial charge in [-0.2, -0.15) is 13.2 Å². The van der Waals surface area contributed by atoms with E-state index in [4.69, 9.17) is 10.5 Å². The number of rotatable bonds is 3. The summed E-state index contributed by atoms with van der Waals surface area (Å²) in [6.45, 7) is -0.0499. The molecule has 0 fully saturated rings. The van der Waals surface area contributed by atoms with Gasteiger partial charge in [0, 0.05) is 5.92 Å². The first-order chi connectivity index (χ1) is 15.3. The number of nitrogen functional groups attached to an aromatic ring is 1. The van der Waals surface area contributed by atoms with Gasteiger partial charge in [-0.05, 0) is 34.4 Å². The van der Waals surface area contributed by atoms with Gasteiger partial charge >= 0.3 is 12.3 Å². The number of alkyl carbamates (subject to hydrolysis) is 1. The predicted molar refractivity (Wildman–Crippen MR) is 114 cm³/mol. The number of aromatic nitrogens is 1.